The summed E-state index contributed by atoms with van der Waals surface area (Å²) in [6.45, 7) is 1.03. The fourth-order valence-corrected chi connectivity index (χ4v) is 1.97. The second-order valence-electron chi connectivity index (χ2n) is 4.20. The van der Waals surface area contributed by atoms with Crippen molar-refractivity contribution in [2.75, 3.05) is 20.1 Å². The van der Waals surface area contributed by atoms with Crippen molar-refractivity contribution < 1.29 is 4.79 Å². The maximum absolute atomic E-state index is 12.1. The van der Waals surface area contributed by atoms with Gasteiger partial charge in [-0.1, -0.05) is 11.6 Å². The van der Waals surface area contributed by atoms with E-state index >= 15 is 0 Å². The zero-order chi connectivity index (χ0) is 11.7. The maximum Gasteiger partial charge on any atom is 0.270 e. The van der Waals surface area contributed by atoms with Gasteiger partial charge in [-0.15, -0.1) is 0 Å². The number of likely N-dealkylation sites (N-methyl/N-ethyl adjacent to an activating group) is 1. The summed E-state index contributed by atoms with van der Waals surface area (Å²) in [5.41, 5.74) is 6.10. The summed E-state index contributed by atoms with van der Waals surface area (Å²) < 4.78 is 1.98. The zero-order valence-corrected chi connectivity index (χ0v) is 10.1. The van der Waals surface area contributed by atoms with Gasteiger partial charge in [0.25, 0.3) is 5.91 Å². The number of hydrogen-bond donors (Lipinski definition) is 1. The van der Waals surface area contributed by atoms with E-state index in [2.05, 4.69) is 0 Å². The summed E-state index contributed by atoms with van der Waals surface area (Å²) in [5.74, 6) is -0.00995. The first-order valence-electron chi connectivity index (χ1n) is 5.46. The van der Waals surface area contributed by atoms with Crippen LogP contribution in [0.25, 0.3) is 0 Å². The molecular weight excluding hydrogens is 226 g/mol. The summed E-state index contributed by atoms with van der Waals surface area (Å²) in [7, 11) is 1.76. The second-order valence-corrected chi connectivity index (χ2v) is 4.63. The van der Waals surface area contributed by atoms with Gasteiger partial charge in [-0.2, -0.15) is 0 Å². The molecule has 0 aromatic carbocycles. The lowest BCUT2D eigenvalue weighted by molar-refractivity contribution is 0.0788. The number of halogens is 1. The van der Waals surface area contributed by atoms with E-state index in [9.17, 15) is 4.79 Å². The lowest BCUT2D eigenvalue weighted by atomic mass is 10.3. The predicted octanol–water partition coefficient (Wildman–Crippen LogP) is 1.51. The van der Waals surface area contributed by atoms with E-state index in [-0.39, 0.29) is 5.91 Å². The number of carbonyl (C=O) groups is 1. The summed E-state index contributed by atoms with van der Waals surface area (Å²) in [6, 6.07) is 2.19. The molecule has 2 rings (SSSR count). The van der Waals surface area contributed by atoms with Gasteiger partial charge in [-0.25, -0.2) is 0 Å². The maximum atomic E-state index is 12.1. The number of nitrogens with zero attached hydrogens (tertiary/aromatic N) is 2. The van der Waals surface area contributed by atoms with E-state index in [1.807, 2.05) is 10.8 Å². The molecular formula is C11H16ClN3O. The van der Waals surface area contributed by atoms with Crippen molar-refractivity contribution in [3.8, 4) is 0 Å². The number of nitrogens with two attached hydrogens (primary N) is 1. The van der Waals surface area contributed by atoms with Crippen LogP contribution in [-0.4, -0.2) is 35.5 Å². The third-order valence-electron chi connectivity index (χ3n) is 2.79. The molecule has 88 valence electrons. The van der Waals surface area contributed by atoms with Crippen molar-refractivity contribution in [3.05, 3.63) is 23.0 Å². The predicted molar refractivity (Wildman–Crippen MR) is 63.7 cm³/mol. The molecule has 0 aliphatic heterocycles. The summed E-state index contributed by atoms with van der Waals surface area (Å²) in [4.78, 5) is 13.7. The summed E-state index contributed by atoms with van der Waals surface area (Å²) in [6.07, 6.45) is 4.10. The van der Waals surface area contributed by atoms with Crippen molar-refractivity contribution >= 4 is 17.5 Å². The number of amides is 1. The van der Waals surface area contributed by atoms with Crippen LogP contribution in [0.2, 0.25) is 5.02 Å². The number of aromatic nitrogens is 1. The van der Waals surface area contributed by atoms with Gasteiger partial charge in [0, 0.05) is 32.4 Å². The van der Waals surface area contributed by atoms with Crippen LogP contribution in [-0.2, 0) is 0 Å². The Morgan fingerprint density at radius 2 is 2.38 bits per heavy atom. The molecule has 2 N–H and O–H groups in total. The van der Waals surface area contributed by atoms with Gasteiger partial charge in [-0.3, -0.25) is 4.79 Å². The van der Waals surface area contributed by atoms with E-state index in [4.69, 9.17) is 17.3 Å². The lowest BCUT2D eigenvalue weighted by Gasteiger charge is -2.17. The third kappa shape index (κ3) is 2.23. The smallest absolute Gasteiger partial charge is 0.270 e. The molecule has 1 aromatic rings. The normalized spacial score (nSPS) is 15.2. The Balaban J connectivity index is 2.21. The molecule has 1 aliphatic carbocycles. The monoisotopic (exact) mass is 241 g/mol. The largest absolute Gasteiger partial charge is 0.339 e. The van der Waals surface area contributed by atoms with E-state index in [0.717, 1.165) is 12.8 Å². The van der Waals surface area contributed by atoms with Crippen LogP contribution in [0.1, 0.15) is 29.4 Å². The van der Waals surface area contributed by atoms with Crippen LogP contribution in [0, 0.1) is 0 Å². The highest BCUT2D eigenvalue weighted by Gasteiger charge is 2.28. The minimum absolute atomic E-state index is 0.00995. The molecule has 1 saturated carbocycles. The Labute approximate surface area is 100.0 Å². The fourth-order valence-electron chi connectivity index (χ4n) is 1.76. The van der Waals surface area contributed by atoms with Gasteiger partial charge in [0.05, 0.1) is 5.02 Å². The van der Waals surface area contributed by atoms with Crippen molar-refractivity contribution in [2.45, 2.75) is 18.9 Å². The summed E-state index contributed by atoms with van der Waals surface area (Å²) in [5, 5.41) is 0.622. The van der Waals surface area contributed by atoms with E-state index < -0.39 is 0 Å². The molecule has 1 aliphatic rings. The van der Waals surface area contributed by atoms with Crippen LogP contribution < -0.4 is 5.73 Å². The highest BCUT2D eigenvalue weighted by molar-refractivity contribution is 6.31. The van der Waals surface area contributed by atoms with Gasteiger partial charge in [-0.05, 0) is 18.9 Å². The first-order chi connectivity index (χ1) is 7.63. The highest BCUT2D eigenvalue weighted by atomic mass is 35.5. The molecule has 0 unspecified atom stereocenters. The van der Waals surface area contributed by atoms with Crippen molar-refractivity contribution in [1.29, 1.82) is 0 Å². The molecule has 0 bridgehead atoms. The highest BCUT2D eigenvalue weighted by Crippen LogP contribution is 2.37. The molecule has 1 aromatic heterocycles. The van der Waals surface area contributed by atoms with Crippen molar-refractivity contribution in [3.63, 3.8) is 0 Å². The molecule has 0 atom stereocenters. The standard InChI is InChI=1S/C11H16ClN3O/c1-14(5-4-13)11(16)10-6-8(12)7-15(10)9-2-3-9/h6-7,9H,2-5,13H2,1H3. The molecule has 1 fully saturated rings. The third-order valence-corrected chi connectivity index (χ3v) is 2.99. The molecule has 0 saturated heterocycles. The molecule has 1 heterocycles. The summed E-state index contributed by atoms with van der Waals surface area (Å²) >= 11 is 5.95. The Morgan fingerprint density at radius 1 is 1.69 bits per heavy atom. The molecule has 5 heteroatoms. The van der Waals surface area contributed by atoms with Crippen LogP contribution >= 0.6 is 11.6 Å². The van der Waals surface area contributed by atoms with Gasteiger partial charge in [0.15, 0.2) is 0 Å². The first kappa shape index (κ1) is 11.5. The van der Waals surface area contributed by atoms with Crippen molar-refractivity contribution in [2.24, 2.45) is 5.73 Å². The average Bonchev–Trinajstić information content (AvgIpc) is 3.01. The van der Waals surface area contributed by atoms with Gasteiger partial charge in [0.1, 0.15) is 5.69 Å². The molecule has 0 radical (unpaired) electrons. The van der Waals surface area contributed by atoms with E-state index in [1.54, 1.807) is 18.0 Å². The Hall–Kier alpha value is -1.00. The fraction of sp³-hybridized carbons (Fsp3) is 0.545. The molecule has 16 heavy (non-hydrogen) atoms. The number of carbonyl (C=O) groups excluding carboxylic acids is 1. The number of hydrogen-bond acceptors (Lipinski definition) is 2. The zero-order valence-electron chi connectivity index (χ0n) is 9.32. The molecule has 0 spiro atoms. The SMILES string of the molecule is CN(CCN)C(=O)c1cc(Cl)cn1C1CC1. The number of rotatable bonds is 4. The Morgan fingerprint density at radius 3 is 2.94 bits per heavy atom. The Kier molecular flexibility index (Phi) is 3.21. The molecule has 1 amide bonds. The lowest BCUT2D eigenvalue weighted by Crippen LogP contribution is -2.32. The first-order valence-corrected chi connectivity index (χ1v) is 5.84. The van der Waals surface area contributed by atoms with Gasteiger partial charge < -0.3 is 15.2 Å². The average molecular weight is 242 g/mol. The topological polar surface area (TPSA) is 51.3 Å². The van der Waals surface area contributed by atoms with Crippen LogP contribution in [0.3, 0.4) is 0 Å². The van der Waals surface area contributed by atoms with Gasteiger partial charge in [0.2, 0.25) is 0 Å². The Bertz CT molecular complexity index is 398. The minimum Gasteiger partial charge on any atom is -0.339 e. The second kappa shape index (κ2) is 4.47. The van der Waals surface area contributed by atoms with Crippen molar-refractivity contribution in [1.82, 2.24) is 9.47 Å². The van der Waals surface area contributed by atoms with Crippen LogP contribution in [0.5, 0.6) is 0 Å². The van der Waals surface area contributed by atoms with Crippen LogP contribution in [0.4, 0.5) is 0 Å². The van der Waals surface area contributed by atoms with Crippen LogP contribution in [0.15, 0.2) is 12.3 Å². The van der Waals surface area contributed by atoms with E-state index in [0.29, 0.717) is 29.8 Å². The minimum atomic E-state index is -0.00995. The van der Waals surface area contributed by atoms with Gasteiger partial charge >= 0.3 is 0 Å². The molecule has 4 nitrogen and oxygen atoms in total. The van der Waals surface area contributed by atoms with E-state index in [1.165, 1.54) is 0 Å². The quantitative estimate of drug-likeness (QED) is 0.869.